The minimum absolute atomic E-state index is 0.0366. The number of anilines is 1. The van der Waals surface area contributed by atoms with Gasteiger partial charge in [0.15, 0.2) is 0 Å². The molecule has 1 aliphatic heterocycles. The molecule has 0 spiro atoms. The van der Waals surface area contributed by atoms with Crippen LogP contribution in [0.3, 0.4) is 0 Å². The van der Waals surface area contributed by atoms with Crippen molar-refractivity contribution >= 4 is 23.2 Å². The van der Waals surface area contributed by atoms with Gasteiger partial charge in [0.05, 0.1) is 17.4 Å². The lowest BCUT2D eigenvalue weighted by Crippen LogP contribution is -2.38. The molecule has 0 bridgehead atoms. The van der Waals surface area contributed by atoms with Gasteiger partial charge < -0.3 is 10.2 Å². The normalized spacial score (nSPS) is 16.6. The second-order valence-electron chi connectivity index (χ2n) is 6.05. The first-order chi connectivity index (χ1) is 12.4. The summed E-state index contributed by atoms with van der Waals surface area (Å²) >= 11 is 0. The number of carbonyl (C=O) groups is 2. The van der Waals surface area contributed by atoms with E-state index in [-0.39, 0.29) is 42.2 Å². The predicted octanol–water partition coefficient (Wildman–Crippen LogP) is 2.20. The molecule has 1 fully saturated rings. The van der Waals surface area contributed by atoms with Crippen LogP contribution in [-0.2, 0) is 16.0 Å². The summed E-state index contributed by atoms with van der Waals surface area (Å²) < 4.78 is 13.0. The molecule has 3 rings (SSSR count). The van der Waals surface area contributed by atoms with Gasteiger partial charge in [-0.3, -0.25) is 19.7 Å². The number of amides is 2. The molecule has 26 heavy (non-hydrogen) atoms. The van der Waals surface area contributed by atoms with Crippen LogP contribution < -0.4 is 10.2 Å². The van der Waals surface area contributed by atoms with Crippen molar-refractivity contribution in [1.29, 1.82) is 0 Å². The summed E-state index contributed by atoms with van der Waals surface area (Å²) in [5.74, 6) is -0.789. The fourth-order valence-electron chi connectivity index (χ4n) is 2.87. The van der Waals surface area contributed by atoms with Crippen molar-refractivity contribution in [2.75, 3.05) is 11.4 Å². The van der Waals surface area contributed by atoms with Gasteiger partial charge in [0, 0.05) is 30.8 Å². The highest BCUT2D eigenvalue weighted by Gasteiger charge is 2.31. The number of hydrogen-bond donors (Lipinski definition) is 1. The SMILES string of the molecule is O=C(Cc1ccc([N+](=O)[O-])cc1)NC1CC(=O)N(c2ccc(F)cc2)C1. The molecule has 0 radical (unpaired) electrons. The van der Waals surface area contributed by atoms with Gasteiger partial charge in [0.2, 0.25) is 11.8 Å². The van der Waals surface area contributed by atoms with E-state index in [1.807, 2.05) is 0 Å². The molecule has 1 saturated heterocycles. The lowest BCUT2D eigenvalue weighted by Gasteiger charge is -2.17. The van der Waals surface area contributed by atoms with Crippen LogP contribution in [0.5, 0.6) is 0 Å². The van der Waals surface area contributed by atoms with E-state index >= 15 is 0 Å². The van der Waals surface area contributed by atoms with Crippen molar-refractivity contribution in [2.45, 2.75) is 18.9 Å². The lowest BCUT2D eigenvalue weighted by molar-refractivity contribution is -0.384. The van der Waals surface area contributed by atoms with Gasteiger partial charge in [-0.1, -0.05) is 12.1 Å². The van der Waals surface area contributed by atoms with Crippen LogP contribution in [0, 0.1) is 15.9 Å². The van der Waals surface area contributed by atoms with E-state index in [1.165, 1.54) is 53.4 Å². The summed E-state index contributed by atoms with van der Waals surface area (Å²) in [4.78, 5) is 35.9. The first-order valence-corrected chi connectivity index (χ1v) is 8.01. The molecule has 7 nitrogen and oxygen atoms in total. The van der Waals surface area contributed by atoms with E-state index < -0.39 is 4.92 Å². The van der Waals surface area contributed by atoms with Gasteiger partial charge in [-0.05, 0) is 29.8 Å². The third-order valence-electron chi connectivity index (χ3n) is 4.14. The third kappa shape index (κ3) is 4.02. The molecule has 1 aliphatic rings. The molecule has 0 saturated carbocycles. The second kappa shape index (κ2) is 7.30. The standard InChI is InChI=1S/C18H16FN3O4/c19-13-3-7-15(8-4-13)21-11-14(10-18(21)24)20-17(23)9-12-1-5-16(6-2-12)22(25)26/h1-8,14H,9-11H2,(H,20,23). The summed E-state index contributed by atoms with van der Waals surface area (Å²) in [6, 6.07) is 11.0. The molecule has 2 aromatic rings. The highest BCUT2D eigenvalue weighted by atomic mass is 19.1. The van der Waals surface area contributed by atoms with Crippen molar-refractivity contribution in [1.82, 2.24) is 5.32 Å². The number of non-ortho nitro benzene ring substituents is 1. The molecule has 1 atom stereocenters. The largest absolute Gasteiger partial charge is 0.351 e. The Hall–Kier alpha value is -3.29. The number of halogens is 1. The van der Waals surface area contributed by atoms with E-state index in [4.69, 9.17) is 0 Å². The highest BCUT2D eigenvalue weighted by molar-refractivity contribution is 5.96. The Labute approximate surface area is 148 Å². The number of nitro groups is 1. The zero-order valence-electron chi connectivity index (χ0n) is 13.7. The Kier molecular flexibility index (Phi) is 4.92. The van der Waals surface area contributed by atoms with Gasteiger partial charge in [-0.2, -0.15) is 0 Å². The quantitative estimate of drug-likeness (QED) is 0.656. The van der Waals surface area contributed by atoms with Crippen molar-refractivity contribution < 1.29 is 18.9 Å². The minimum atomic E-state index is -0.502. The van der Waals surface area contributed by atoms with E-state index in [1.54, 1.807) is 0 Å². The molecule has 1 unspecified atom stereocenters. The summed E-state index contributed by atoms with van der Waals surface area (Å²) in [5, 5.41) is 13.4. The molecule has 1 N–H and O–H groups in total. The maximum atomic E-state index is 13.0. The Morgan fingerprint density at radius 2 is 1.85 bits per heavy atom. The monoisotopic (exact) mass is 357 g/mol. The van der Waals surface area contributed by atoms with Crippen LogP contribution in [0.15, 0.2) is 48.5 Å². The van der Waals surface area contributed by atoms with Crippen LogP contribution in [0.25, 0.3) is 0 Å². The van der Waals surface area contributed by atoms with Gasteiger partial charge in [-0.25, -0.2) is 4.39 Å². The molecular weight excluding hydrogens is 341 g/mol. The van der Waals surface area contributed by atoms with Gasteiger partial charge in [0.25, 0.3) is 5.69 Å². The van der Waals surface area contributed by atoms with E-state index in [9.17, 15) is 24.1 Å². The van der Waals surface area contributed by atoms with Gasteiger partial charge >= 0.3 is 0 Å². The molecule has 134 valence electrons. The van der Waals surface area contributed by atoms with E-state index in [0.717, 1.165) is 0 Å². The summed E-state index contributed by atoms with van der Waals surface area (Å²) in [7, 11) is 0. The molecule has 2 aromatic carbocycles. The summed E-state index contributed by atoms with van der Waals surface area (Å²) in [6.45, 7) is 0.316. The smallest absolute Gasteiger partial charge is 0.269 e. The molecular formula is C18H16FN3O4. The van der Waals surface area contributed by atoms with Crippen LogP contribution >= 0.6 is 0 Å². The Bertz CT molecular complexity index is 837. The molecule has 2 amide bonds. The number of carbonyl (C=O) groups excluding carboxylic acids is 2. The van der Waals surface area contributed by atoms with Crippen LogP contribution in [0.4, 0.5) is 15.8 Å². The fourth-order valence-corrected chi connectivity index (χ4v) is 2.87. The predicted molar refractivity (Wildman–Crippen MR) is 92.1 cm³/mol. The number of nitrogens with one attached hydrogen (secondary N) is 1. The van der Waals surface area contributed by atoms with Crippen molar-refractivity contribution in [3.63, 3.8) is 0 Å². The zero-order valence-corrected chi connectivity index (χ0v) is 13.7. The second-order valence-corrected chi connectivity index (χ2v) is 6.05. The van der Waals surface area contributed by atoms with Gasteiger partial charge in [0.1, 0.15) is 5.82 Å². The van der Waals surface area contributed by atoms with Crippen molar-refractivity contribution in [3.05, 3.63) is 70.0 Å². The lowest BCUT2D eigenvalue weighted by atomic mass is 10.1. The molecule has 0 aliphatic carbocycles. The number of benzene rings is 2. The third-order valence-corrected chi connectivity index (χ3v) is 4.14. The van der Waals surface area contributed by atoms with Crippen molar-refractivity contribution in [2.24, 2.45) is 0 Å². The van der Waals surface area contributed by atoms with Crippen LogP contribution in [0.2, 0.25) is 0 Å². The maximum absolute atomic E-state index is 13.0. The molecule has 0 aromatic heterocycles. The van der Waals surface area contributed by atoms with Crippen molar-refractivity contribution in [3.8, 4) is 0 Å². The summed E-state index contributed by atoms with van der Waals surface area (Å²) in [5.41, 5.74) is 1.20. The number of nitrogens with zero attached hydrogens (tertiary/aromatic N) is 2. The Morgan fingerprint density at radius 1 is 1.19 bits per heavy atom. The maximum Gasteiger partial charge on any atom is 0.269 e. The Balaban J connectivity index is 1.57. The highest BCUT2D eigenvalue weighted by Crippen LogP contribution is 2.22. The van der Waals surface area contributed by atoms with Crippen LogP contribution in [-0.4, -0.2) is 29.3 Å². The van der Waals surface area contributed by atoms with E-state index in [0.29, 0.717) is 17.8 Å². The van der Waals surface area contributed by atoms with Gasteiger partial charge in [-0.15, -0.1) is 0 Å². The molecule has 1 heterocycles. The number of hydrogen-bond acceptors (Lipinski definition) is 4. The first-order valence-electron chi connectivity index (χ1n) is 8.01. The van der Waals surface area contributed by atoms with E-state index in [2.05, 4.69) is 5.32 Å². The average molecular weight is 357 g/mol. The number of nitro benzene ring substituents is 1. The first kappa shape index (κ1) is 17.5. The minimum Gasteiger partial charge on any atom is -0.351 e. The zero-order chi connectivity index (χ0) is 18.7. The summed E-state index contributed by atoms with van der Waals surface area (Å²) in [6.07, 6.45) is 0.239. The fraction of sp³-hybridized carbons (Fsp3) is 0.222. The molecule has 8 heteroatoms. The average Bonchev–Trinajstić information content (AvgIpc) is 2.96. The Morgan fingerprint density at radius 3 is 2.46 bits per heavy atom. The topological polar surface area (TPSA) is 92.5 Å². The number of rotatable bonds is 5. The van der Waals surface area contributed by atoms with Crippen LogP contribution in [0.1, 0.15) is 12.0 Å².